The number of carbonyl (C=O) groups excluding carboxylic acids is 2. The van der Waals surface area contributed by atoms with Crippen LogP contribution in [0.3, 0.4) is 0 Å². The summed E-state index contributed by atoms with van der Waals surface area (Å²) in [6, 6.07) is 7.14. The molecule has 3 N–H and O–H groups in total. The molecule has 2 rings (SSSR count). The zero-order chi connectivity index (χ0) is 15.9. The molecule has 7 heteroatoms. The Bertz CT molecular complexity index is 527. The number of hydrogen-bond donors (Lipinski definition) is 2. The number of nitrogens with zero attached hydrogens (tertiary/aromatic N) is 2. The summed E-state index contributed by atoms with van der Waals surface area (Å²) in [5, 5.41) is 2.08. The maximum Gasteiger partial charge on any atom is 0.318 e. The molecule has 1 heterocycles. The van der Waals surface area contributed by atoms with Crippen molar-refractivity contribution in [2.45, 2.75) is 6.92 Å². The number of carbonyl (C=O) groups is 2. The smallest absolute Gasteiger partial charge is 0.318 e. The number of imide groups is 1. The number of hydrogen-bond acceptors (Lipinski definition) is 5. The van der Waals surface area contributed by atoms with Gasteiger partial charge in [0.05, 0.1) is 18.8 Å². The highest BCUT2D eigenvalue weighted by atomic mass is 16.5. The Kier molecular flexibility index (Phi) is 5.60. The number of nitrogens with two attached hydrogens (primary N) is 1. The summed E-state index contributed by atoms with van der Waals surface area (Å²) in [5.41, 5.74) is 6.00. The van der Waals surface area contributed by atoms with Gasteiger partial charge in [-0.05, 0) is 19.1 Å². The Labute approximate surface area is 130 Å². The highest BCUT2D eigenvalue weighted by Gasteiger charge is 2.21. The van der Waals surface area contributed by atoms with E-state index in [-0.39, 0.29) is 12.5 Å². The predicted octanol–water partition coefficient (Wildman–Crippen LogP) is 0.402. The van der Waals surface area contributed by atoms with Gasteiger partial charge >= 0.3 is 6.03 Å². The van der Waals surface area contributed by atoms with Crippen molar-refractivity contribution in [3.05, 3.63) is 24.3 Å². The van der Waals surface area contributed by atoms with Gasteiger partial charge in [0, 0.05) is 26.2 Å². The molecule has 0 aliphatic carbocycles. The van der Waals surface area contributed by atoms with E-state index in [1.54, 1.807) is 0 Å². The molecular formula is C15H22N4O3. The monoisotopic (exact) mass is 306 g/mol. The second-order valence-electron chi connectivity index (χ2n) is 5.08. The van der Waals surface area contributed by atoms with E-state index in [9.17, 15) is 9.59 Å². The summed E-state index contributed by atoms with van der Waals surface area (Å²) in [6.07, 6.45) is 0. The van der Waals surface area contributed by atoms with Gasteiger partial charge in [-0.2, -0.15) is 0 Å². The Morgan fingerprint density at radius 3 is 2.55 bits per heavy atom. The second kappa shape index (κ2) is 7.65. The molecule has 22 heavy (non-hydrogen) atoms. The van der Waals surface area contributed by atoms with Crippen LogP contribution < -0.4 is 20.7 Å². The van der Waals surface area contributed by atoms with Gasteiger partial charge in [0.1, 0.15) is 5.75 Å². The SMILES string of the molecule is CCOc1ccccc1N1CCN(CC(=O)NC(N)=O)CC1. The summed E-state index contributed by atoms with van der Waals surface area (Å²) < 4.78 is 5.65. The zero-order valence-corrected chi connectivity index (χ0v) is 12.7. The van der Waals surface area contributed by atoms with E-state index < -0.39 is 6.03 Å². The summed E-state index contributed by atoms with van der Waals surface area (Å²) in [5.74, 6) is 0.514. The predicted molar refractivity (Wildman–Crippen MR) is 84.0 cm³/mol. The van der Waals surface area contributed by atoms with Gasteiger partial charge in [-0.25, -0.2) is 4.79 Å². The lowest BCUT2D eigenvalue weighted by molar-refractivity contribution is -0.121. The molecule has 0 radical (unpaired) electrons. The standard InChI is InChI=1S/C15H22N4O3/c1-2-22-13-6-4-3-5-12(13)19-9-7-18(8-10-19)11-14(20)17-15(16)21/h3-6H,2,7-11H2,1H3,(H3,16,17,20,21). The van der Waals surface area contributed by atoms with Crippen molar-refractivity contribution in [3.8, 4) is 5.75 Å². The Morgan fingerprint density at radius 1 is 1.23 bits per heavy atom. The lowest BCUT2D eigenvalue weighted by Crippen LogP contribution is -2.50. The topological polar surface area (TPSA) is 87.9 Å². The Hall–Kier alpha value is -2.28. The van der Waals surface area contributed by atoms with Crippen LogP contribution in [0, 0.1) is 0 Å². The molecule has 0 bridgehead atoms. The third kappa shape index (κ3) is 4.36. The highest BCUT2D eigenvalue weighted by Crippen LogP contribution is 2.28. The van der Waals surface area contributed by atoms with Crippen molar-refractivity contribution in [1.82, 2.24) is 10.2 Å². The van der Waals surface area contributed by atoms with Crippen LogP contribution in [0.25, 0.3) is 0 Å². The number of ether oxygens (including phenoxy) is 1. The quantitative estimate of drug-likeness (QED) is 0.822. The van der Waals surface area contributed by atoms with Gasteiger partial charge in [-0.15, -0.1) is 0 Å². The zero-order valence-electron chi connectivity index (χ0n) is 12.7. The van der Waals surface area contributed by atoms with E-state index in [1.165, 1.54) is 0 Å². The number of nitrogens with one attached hydrogen (secondary N) is 1. The highest BCUT2D eigenvalue weighted by molar-refractivity contribution is 5.94. The molecule has 0 unspecified atom stereocenters. The summed E-state index contributed by atoms with van der Waals surface area (Å²) in [4.78, 5) is 26.4. The fraction of sp³-hybridized carbons (Fsp3) is 0.467. The first-order valence-corrected chi connectivity index (χ1v) is 7.38. The number of amides is 3. The Balaban J connectivity index is 1.89. The van der Waals surface area contributed by atoms with Crippen molar-refractivity contribution in [2.24, 2.45) is 5.73 Å². The van der Waals surface area contributed by atoms with Crippen LogP contribution in [0.2, 0.25) is 0 Å². The molecule has 1 aromatic carbocycles. The molecule has 0 spiro atoms. The van der Waals surface area contributed by atoms with Crippen LogP contribution in [0.4, 0.5) is 10.5 Å². The van der Waals surface area contributed by atoms with Crippen LogP contribution in [0.5, 0.6) is 5.75 Å². The summed E-state index contributed by atoms with van der Waals surface area (Å²) >= 11 is 0. The van der Waals surface area contributed by atoms with E-state index in [1.807, 2.05) is 36.1 Å². The van der Waals surface area contributed by atoms with Gasteiger partial charge in [0.25, 0.3) is 0 Å². The largest absolute Gasteiger partial charge is 0.492 e. The van der Waals surface area contributed by atoms with Gasteiger partial charge in [0.15, 0.2) is 0 Å². The fourth-order valence-electron chi connectivity index (χ4n) is 2.52. The van der Waals surface area contributed by atoms with Crippen LogP contribution in [0.15, 0.2) is 24.3 Å². The van der Waals surface area contributed by atoms with E-state index in [0.717, 1.165) is 37.6 Å². The lowest BCUT2D eigenvalue weighted by Gasteiger charge is -2.36. The molecule has 1 fully saturated rings. The van der Waals surface area contributed by atoms with Gasteiger partial charge in [-0.1, -0.05) is 12.1 Å². The molecular weight excluding hydrogens is 284 g/mol. The normalized spacial score (nSPS) is 15.4. The van der Waals surface area contributed by atoms with E-state index >= 15 is 0 Å². The van der Waals surface area contributed by atoms with Crippen LogP contribution in [-0.2, 0) is 4.79 Å². The number of anilines is 1. The molecule has 1 aromatic rings. The van der Waals surface area contributed by atoms with E-state index in [4.69, 9.17) is 10.5 Å². The lowest BCUT2D eigenvalue weighted by atomic mass is 10.2. The molecule has 0 aromatic heterocycles. The second-order valence-corrected chi connectivity index (χ2v) is 5.08. The molecule has 7 nitrogen and oxygen atoms in total. The first kappa shape index (κ1) is 16.1. The van der Waals surface area contributed by atoms with Crippen molar-refractivity contribution < 1.29 is 14.3 Å². The minimum absolute atomic E-state index is 0.184. The molecule has 120 valence electrons. The molecule has 0 saturated carbocycles. The van der Waals surface area contributed by atoms with E-state index in [2.05, 4.69) is 10.2 Å². The Morgan fingerprint density at radius 2 is 1.91 bits per heavy atom. The molecule has 3 amide bonds. The van der Waals surface area contributed by atoms with Gasteiger partial charge in [0.2, 0.25) is 5.91 Å². The fourth-order valence-corrected chi connectivity index (χ4v) is 2.52. The van der Waals surface area contributed by atoms with Crippen molar-refractivity contribution in [3.63, 3.8) is 0 Å². The average Bonchev–Trinajstić information content (AvgIpc) is 2.48. The molecule has 0 atom stereocenters. The average molecular weight is 306 g/mol. The maximum absolute atomic E-state index is 11.5. The number of benzene rings is 1. The third-order valence-corrected chi connectivity index (χ3v) is 3.51. The van der Waals surface area contributed by atoms with Gasteiger partial charge in [-0.3, -0.25) is 15.0 Å². The maximum atomic E-state index is 11.5. The number of urea groups is 1. The van der Waals surface area contributed by atoms with Crippen LogP contribution in [0.1, 0.15) is 6.92 Å². The molecule has 1 saturated heterocycles. The minimum atomic E-state index is -0.811. The summed E-state index contributed by atoms with van der Waals surface area (Å²) in [7, 11) is 0. The van der Waals surface area contributed by atoms with Crippen LogP contribution >= 0.6 is 0 Å². The van der Waals surface area contributed by atoms with E-state index in [0.29, 0.717) is 6.61 Å². The van der Waals surface area contributed by atoms with Crippen molar-refractivity contribution in [1.29, 1.82) is 0 Å². The third-order valence-electron chi connectivity index (χ3n) is 3.51. The molecule has 1 aliphatic rings. The van der Waals surface area contributed by atoms with Crippen molar-refractivity contribution in [2.75, 3.05) is 44.2 Å². The molecule has 1 aliphatic heterocycles. The number of rotatable bonds is 5. The summed E-state index contributed by atoms with van der Waals surface area (Å²) in [6.45, 7) is 5.86. The number of para-hydroxylation sites is 2. The van der Waals surface area contributed by atoms with Crippen molar-refractivity contribution >= 4 is 17.6 Å². The number of primary amides is 1. The van der Waals surface area contributed by atoms with Gasteiger partial charge < -0.3 is 15.4 Å². The first-order chi connectivity index (χ1) is 10.6. The number of piperazine rings is 1. The minimum Gasteiger partial charge on any atom is -0.492 e. The first-order valence-electron chi connectivity index (χ1n) is 7.38. The van der Waals surface area contributed by atoms with Crippen LogP contribution in [-0.4, -0.2) is 56.2 Å².